The largest absolute Gasteiger partial charge is 0.398 e. The quantitative estimate of drug-likeness (QED) is 0.779. The van der Waals surface area contributed by atoms with Crippen molar-refractivity contribution in [3.63, 3.8) is 0 Å². The van der Waals surface area contributed by atoms with Gasteiger partial charge >= 0.3 is 0 Å². The Balaban J connectivity index is 2.98. The van der Waals surface area contributed by atoms with Gasteiger partial charge in [0.05, 0.1) is 6.10 Å². The summed E-state index contributed by atoms with van der Waals surface area (Å²) in [6.07, 6.45) is 0.214. The van der Waals surface area contributed by atoms with E-state index in [2.05, 4.69) is 13.8 Å². The first-order chi connectivity index (χ1) is 6.91. The first-order valence-electron chi connectivity index (χ1n) is 5.15. The molecule has 1 rings (SSSR count). The summed E-state index contributed by atoms with van der Waals surface area (Å²) in [5.41, 5.74) is 8.12. The van der Waals surface area contributed by atoms with Crippen molar-refractivity contribution in [2.75, 3.05) is 5.73 Å². The summed E-state index contributed by atoms with van der Waals surface area (Å²) >= 11 is 5.93. The SMILES string of the molecule is Cc1cc(C(O)CC(C)C)c(N)cc1Cl. The van der Waals surface area contributed by atoms with Crippen LogP contribution < -0.4 is 5.73 Å². The van der Waals surface area contributed by atoms with Crippen LogP contribution in [0.2, 0.25) is 5.02 Å². The highest BCUT2D eigenvalue weighted by Crippen LogP contribution is 2.30. The van der Waals surface area contributed by atoms with Gasteiger partial charge < -0.3 is 10.8 Å². The zero-order valence-electron chi connectivity index (χ0n) is 9.42. The number of nitrogen functional groups attached to an aromatic ring is 1. The van der Waals surface area contributed by atoms with E-state index in [0.29, 0.717) is 23.0 Å². The van der Waals surface area contributed by atoms with Gasteiger partial charge in [0.15, 0.2) is 0 Å². The molecule has 0 saturated carbocycles. The summed E-state index contributed by atoms with van der Waals surface area (Å²) in [6.45, 7) is 6.05. The number of benzene rings is 1. The van der Waals surface area contributed by atoms with Crippen molar-refractivity contribution in [1.82, 2.24) is 0 Å². The van der Waals surface area contributed by atoms with Crippen LogP contribution in [0.3, 0.4) is 0 Å². The Morgan fingerprint density at radius 3 is 2.53 bits per heavy atom. The Bertz CT molecular complexity index is 350. The van der Waals surface area contributed by atoms with Crippen LogP contribution in [0, 0.1) is 12.8 Å². The van der Waals surface area contributed by atoms with Crippen molar-refractivity contribution in [2.45, 2.75) is 33.3 Å². The molecule has 1 atom stereocenters. The number of anilines is 1. The predicted octanol–water partition coefficient (Wildman–Crippen LogP) is 3.31. The molecule has 0 aliphatic carbocycles. The smallest absolute Gasteiger partial charge is 0.0812 e. The zero-order valence-corrected chi connectivity index (χ0v) is 10.2. The van der Waals surface area contributed by atoms with Gasteiger partial charge in [-0.2, -0.15) is 0 Å². The molecule has 0 aliphatic heterocycles. The van der Waals surface area contributed by atoms with Crippen LogP contribution in [0.15, 0.2) is 12.1 Å². The standard InChI is InChI=1S/C12H18ClNO/c1-7(2)4-12(15)9-5-8(3)10(13)6-11(9)14/h5-7,12,15H,4,14H2,1-3H3. The summed E-state index contributed by atoms with van der Waals surface area (Å²) in [5, 5.41) is 10.6. The maximum atomic E-state index is 9.96. The summed E-state index contributed by atoms with van der Waals surface area (Å²) in [5.74, 6) is 0.440. The zero-order chi connectivity index (χ0) is 11.6. The third kappa shape index (κ3) is 3.11. The molecule has 2 nitrogen and oxygen atoms in total. The van der Waals surface area contributed by atoms with Crippen molar-refractivity contribution in [3.8, 4) is 0 Å². The average molecular weight is 228 g/mol. The van der Waals surface area contributed by atoms with E-state index in [1.54, 1.807) is 6.07 Å². The minimum atomic E-state index is -0.499. The number of rotatable bonds is 3. The number of hydrogen-bond acceptors (Lipinski definition) is 2. The molecule has 3 N–H and O–H groups in total. The molecule has 0 spiro atoms. The van der Waals surface area contributed by atoms with Crippen molar-refractivity contribution in [1.29, 1.82) is 0 Å². The number of aliphatic hydroxyl groups is 1. The van der Waals surface area contributed by atoms with Gasteiger partial charge in [0, 0.05) is 16.3 Å². The fraction of sp³-hybridized carbons (Fsp3) is 0.500. The molecule has 84 valence electrons. The van der Waals surface area contributed by atoms with Crippen LogP contribution in [0.5, 0.6) is 0 Å². The molecule has 0 radical (unpaired) electrons. The lowest BCUT2D eigenvalue weighted by atomic mass is 9.97. The predicted molar refractivity (Wildman–Crippen MR) is 65.0 cm³/mol. The van der Waals surface area contributed by atoms with Gasteiger partial charge in [-0.1, -0.05) is 25.4 Å². The lowest BCUT2D eigenvalue weighted by Gasteiger charge is -2.16. The van der Waals surface area contributed by atoms with E-state index in [1.165, 1.54) is 0 Å². The summed E-state index contributed by atoms with van der Waals surface area (Å²) in [4.78, 5) is 0. The second-order valence-electron chi connectivity index (χ2n) is 4.38. The normalized spacial score (nSPS) is 13.2. The van der Waals surface area contributed by atoms with Crippen molar-refractivity contribution < 1.29 is 5.11 Å². The van der Waals surface area contributed by atoms with E-state index in [-0.39, 0.29) is 0 Å². The van der Waals surface area contributed by atoms with Crippen molar-refractivity contribution in [3.05, 3.63) is 28.3 Å². The number of nitrogens with two attached hydrogens (primary N) is 1. The molecule has 0 fully saturated rings. The maximum Gasteiger partial charge on any atom is 0.0812 e. The highest BCUT2D eigenvalue weighted by atomic mass is 35.5. The summed E-state index contributed by atoms with van der Waals surface area (Å²) < 4.78 is 0. The molecule has 0 saturated heterocycles. The Hall–Kier alpha value is -0.730. The van der Waals surface area contributed by atoms with Gasteiger partial charge in [0.1, 0.15) is 0 Å². The molecule has 1 aromatic carbocycles. The summed E-state index contributed by atoms with van der Waals surface area (Å²) in [7, 11) is 0. The lowest BCUT2D eigenvalue weighted by Crippen LogP contribution is -2.05. The Morgan fingerprint density at radius 2 is 2.00 bits per heavy atom. The van der Waals surface area contributed by atoms with Gasteiger partial charge in [0.2, 0.25) is 0 Å². The molecule has 15 heavy (non-hydrogen) atoms. The Kier molecular flexibility index (Phi) is 4.00. The van der Waals surface area contributed by atoms with Crippen LogP contribution in [0.1, 0.15) is 37.5 Å². The highest BCUT2D eigenvalue weighted by molar-refractivity contribution is 6.31. The number of aryl methyl sites for hydroxylation is 1. The van der Waals surface area contributed by atoms with E-state index < -0.39 is 6.10 Å². The third-order valence-electron chi connectivity index (χ3n) is 2.42. The molecule has 1 unspecified atom stereocenters. The van der Waals surface area contributed by atoms with Crippen LogP contribution in [0.25, 0.3) is 0 Å². The molecule has 1 aromatic rings. The molecule has 0 bridgehead atoms. The lowest BCUT2D eigenvalue weighted by molar-refractivity contribution is 0.151. The molecular weight excluding hydrogens is 210 g/mol. The molecule has 0 aromatic heterocycles. The minimum Gasteiger partial charge on any atom is -0.398 e. The van der Waals surface area contributed by atoms with Gasteiger partial charge in [-0.25, -0.2) is 0 Å². The molecule has 0 amide bonds. The molecule has 3 heteroatoms. The van der Waals surface area contributed by atoms with Crippen LogP contribution >= 0.6 is 11.6 Å². The van der Waals surface area contributed by atoms with Crippen molar-refractivity contribution in [2.24, 2.45) is 5.92 Å². The Labute approximate surface area is 96.1 Å². The third-order valence-corrected chi connectivity index (χ3v) is 2.83. The number of aliphatic hydroxyl groups excluding tert-OH is 1. The molecule has 0 aliphatic rings. The summed E-state index contributed by atoms with van der Waals surface area (Å²) in [6, 6.07) is 3.57. The van der Waals surface area contributed by atoms with Gasteiger partial charge in [0.25, 0.3) is 0 Å². The average Bonchev–Trinajstić information content (AvgIpc) is 2.09. The van der Waals surface area contributed by atoms with E-state index in [4.69, 9.17) is 17.3 Å². The maximum absolute atomic E-state index is 9.96. The van der Waals surface area contributed by atoms with Crippen LogP contribution in [-0.2, 0) is 0 Å². The fourth-order valence-corrected chi connectivity index (χ4v) is 1.75. The highest BCUT2D eigenvalue weighted by Gasteiger charge is 2.14. The second-order valence-corrected chi connectivity index (χ2v) is 4.78. The fourth-order valence-electron chi connectivity index (χ4n) is 1.58. The first kappa shape index (κ1) is 12.3. The van der Waals surface area contributed by atoms with E-state index in [9.17, 15) is 5.11 Å². The minimum absolute atomic E-state index is 0.440. The number of hydrogen-bond donors (Lipinski definition) is 2. The van der Waals surface area contributed by atoms with Crippen LogP contribution in [0.4, 0.5) is 5.69 Å². The Morgan fingerprint density at radius 1 is 1.40 bits per heavy atom. The van der Waals surface area contributed by atoms with Crippen molar-refractivity contribution >= 4 is 17.3 Å². The topological polar surface area (TPSA) is 46.2 Å². The second kappa shape index (κ2) is 4.86. The van der Waals surface area contributed by atoms with Gasteiger partial charge in [-0.3, -0.25) is 0 Å². The van der Waals surface area contributed by atoms with Gasteiger partial charge in [-0.05, 0) is 37.0 Å². The van der Waals surface area contributed by atoms with E-state index >= 15 is 0 Å². The van der Waals surface area contributed by atoms with Gasteiger partial charge in [-0.15, -0.1) is 0 Å². The van der Waals surface area contributed by atoms with E-state index in [0.717, 1.165) is 11.1 Å². The van der Waals surface area contributed by atoms with E-state index in [1.807, 2.05) is 13.0 Å². The molecular formula is C12H18ClNO. The monoisotopic (exact) mass is 227 g/mol. The van der Waals surface area contributed by atoms with Crippen LogP contribution in [-0.4, -0.2) is 5.11 Å². The number of halogens is 1. The first-order valence-corrected chi connectivity index (χ1v) is 5.53. The molecule has 0 heterocycles.